The van der Waals surface area contributed by atoms with Crippen LogP contribution in [0.4, 0.5) is 0 Å². The number of carbonyl (C=O) groups excluding carboxylic acids is 1. The summed E-state index contributed by atoms with van der Waals surface area (Å²) >= 11 is 0. The minimum absolute atomic E-state index is 0.0841. The first-order valence-corrected chi connectivity index (χ1v) is 6.71. The molecular weight excluding hydrogens is 212 g/mol. The predicted octanol–water partition coefficient (Wildman–Crippen LogP) is 3.10. The second kappa shape index (κ2) is 3.94. The van der Waals surface area contributed by atoms with Gasteiger partial charge in [0.05, 0.1) is 0 Å². The van der Waals surface area contributed by atoms with Crippen molar-refractivity contribution in [3.8, 4) is 0 Å². The summed E-state index contributed by atoms with van der Waals surface area (Å²) in [5.41, 5.74) is 2.43. The van der Waals surface area contributed by atoms with Gasteiger partial charge in [-0.3, -0.25) is 4.79 Å². The van der Waals surface area contributed by atoms with Crippen LogP contribution in [-0.4, -0.2) is 17.5 Å². The molecule has 0 aliphatic heterocycles. The fourth-order valence-electron chi connectivity index (χ4n) is 4.06. The molecule has 0 heterocycles. The van der Waals surface area contributed by atoms with Crippen LogP contribution in [-0.2, 0) is 4.79 Å². The number of aliphatic hydroxyl groups excluding tert-OH is 1. The molecule has 0 aromatic heterocycles. The van der Waals surface area contributed by atoms with Gasteiger partial charge in [0.1, 0.15) is 0 Å². The molecule has 0 amide bonds. The van der Waals surface area contributed by atoms with Gasteiger partial charge in [0.15, 0.2) is 5.78 Å². The average molecular weight is 236 g/mol. The molecule has 0 radical (unpaired) electrons. The third-order valence-electron chi connectivity index (χ3n) is 5.93. The van der Waals surface area contributed by atoms with Crippen molar-refractivity contribution in [1.82, 2.24) is 0 Å². The van der Waals surface area contributed by atoms with Crippen LogP contribution in [0.15, 0.2) is 11.1 Å². The topological polar surface area (TPSA) is 37.3 Å². The number of Topliss-reactive ketones (excluding diaryl/α,β-unsaturated/α-hetero) is 1. The summed E-state index contributed by atoms with van der Waals surface area (Å²) in [7, 11) is 0. The molecule has 0 aromatic carbocycles. The monoisotopic (exact) mass is 236 g/mol. The van der Waals surface area contributed by atoms with Crippen molar-refractivity contribution in [2.45, 2.75) is 53.4 Å². The first-order chi connectivity index (χ1) is 7.87. The van der Waals surface area contributed by atoms with Crippen molar-refractivity contribution in [2.24, 2.45) is 16.7 Å². The summed E-state index contributed by atoms with van der Waals surface area (Å²) in [6.07, 6.45) is 3.59. The minimum Gasteiger partial charge on any atom is -0.396 e. The molecule has 2 aliphatic carbocycles. The molecule has 3 atom stereocenters. The van der Waals surface area contributed by atoms with Crippen LogP contribution in [0.3, 0.4) is 0 Å². The highest BCUT2D eigenvalue weighted by Gasteiger charge is 2.57. The Bertz CT molecular complexity index is 382. The molecule has 0 aromatic rings. The molecule has 96 valence electrons. The number of fused-ring (bicyclic) bond motifs is 1. The SMILES string of the molecule is CC1=C(CCO)C(=O)CC2(C)C(C)CCC12C. The molecule has 2 aliphatic rings. The fourth-order valence-corrected chi connectivity index (χ4v) is 4.06. The van der Waals surface area contributed by atoms with Gasteiger partial charge < -0.3 is 5.11 Å². The zero-order valence-corrected chi connectivity index (χ0v) is 11.5. The Labute approximate surface area is 104 Å². The first-order valence-electron chi connectivity index (χ1n) is 6.71. The van der Waals surface area contributed by atoms with E-state index in [9.17, 15) is 4.79 Å². The van der Waals surface area contributed by atoms with Crippen LogP contribution in [0.2, 0.25) is 0 Å². The number of carbonyl (C=O) groups is 1. The Balaban J connectivity index is 2.51. The summed E-state index contributed by atoms with van der Waals surface area (Å²) in [4.78, 5) is 12.3. The number of allylic oxidation sites excluding steroid dienone is 1. The number of aliphatic hydroxyl groups is 1. The van der Waals surface area contributed by atoms with Crippen LogP contribution in [0.1, 0.15) is 53.4 Å². The predicted molar refractivity (Wildman–Crippen MR) is 68.6 cm³/mol. The lowest BCUT2D eigenvalue weighted by molar-refractivity contribution is -0.121. The Kier molecular flexibility index (Phi) is 2.97. The highest BCUT2D eigenvalue weighted by atomic mass is 16.3. The Morgan fingerprint density at radius 2 is 2.06 bits per heavy atom. The van der Waals surface area contributed by atoms with E-state index in [2.05, 4.69) is 27.7 Å². The normalized spacial score (nSPS) is 41.9. The first kappa shape index (κ1) is 12.8. The van der Waals surface area contributed by atoms with E-state index in [4.69, 9.17) is 5.11 Å². The minimum atomic E-state index is 0.0841. The van der Waals surface area contributed by atoms with E-state index in [-0.39, 0.29) is 23.2 Å². The van der Waals surface area contributed by atoms with Crippen LogP contribution < -0.4 is 0 Å². The Morgan fingerprint density at radius 3 is 2.65 bits per heavy atom. The molecule has 0 spiro atoms. The zero-order chi connectivity index (χ0) is 12.8. The largest absolute Gasteiger partial charge is 0.396 e. The molecule has 1 N–H and O–H groups in total. The average Bonchev–Trinajstić information content (AvgIpc) is 2.50. The lowest BCUT2D eigenvalue weighted by atomic mass is 9.55. The summed E-state index contributed by atoms with van der Waals surface area (Å²) in [5, 5.41) is 9.11. The van der Waals surface area contributed by atoms with Gasteiger partial charge in [-0.1, -0.05) is 26.3 Å². The van der Waals surface area contributed by atoms with Crippen LogP contribution in [0.25, 0.3) is 0 Å². The molecule has 1 saturated carbocycles. The van der Waals surface area contributed by atoms with Crippen molar-refractivity contribution in [2.75, 3.05) is 6.61 Å². The Morgan fingerprint density at radius 1 is 1.41 bits per heavy atom. The summed E-state index contributed by atoms with van der Waals surface area (Å²) in [6.45, 7) is 9.07. The van der Waals surface area contributed by atoms with E-state index >= 15 is 0 Å². The zero-order valence-electron chi connectivity index (χ0n) is 11.5. The van der Waals surface area contributed by atoms with Gasteiger partial charge >= 0.3 is 0 Å². The number of hydrogen-bond donors (Lipinski definition) is 1. The van der Waals surface area contributed by atoms with Gasteiger partial charge in [0.2, 0.25) is 0 Å². The highest BCUT2D eigenvalue weighted by Crippen LogP contribution is 2.64. The summed E-state index contributed by atoms with van der Waals surface area (Å²) < 4.78 is 0. The van der Waals surface area contributed by atoms with Gasteiger partial charge in [-0.2, -0.15) is 0 Å². The standard InChI is InChI=1S/C15H24O2/c1-10-5-7-14(3)11(2)12(6-8-16)13(17)9-15(10,14)4/h10,16H,5-9H2,1-4H3. The second-order valence-corrected chi connectivity index (χ2v) is 6.37. The van der Waals surface area contributed by atoms with Crippen LogP contribution in [0.5, 0.6) is 0 Å². The molecule has 1 fully saturated rings. The molecule has 3 unspecified atom stereocenters. The van der Waals surface area contributed by atoms with E-state index < -0.39 is 0 Å². The third-order valence-corrected chi connectivity index (χ3v) is 5.93. The van der Waals surface area contributed by atoms with E-state index in [1.54, 1.807) is 0 Å². The molecule has 2 nitrogen and oxygen atoms in total. The van der Waals surface area contributed by atoms with Crippen LogP contribution >= 0.6 is 0 Å². The number of ketones is 1. The quantitative estimate of drug-likeness (QED) is 0.800. The molecule has 2 rings (SSSR count). The van der Waals surface area contributed by atoms with E-state index in [1.165, 1.54) is 18.4 Å². The maximum Gasteiger partial charge on any atom is 0.159 e. The van der Waals surface area contributed by atoms with E-state index in [0.29, 0.717) is 18.8 Å². The summed E-state index contributed by atoms with van der Waals surface area (Å²) in [5.74, 6) is 0.882. The van der Waals surface area contributed by atoms with Crippen molar-refractivity contribution >= 4 is 5.78 Å². The third kappa shape index (κ3) is 1.53. The van der Waals surface area contributed by atoms with Crippen LogP contribution in [0, 0.1) is 16.7 Å². The maximum atomic E-state index is 12.3. The van der Waals surface area contributed by atoms with Crippen molar-refractivity contribution in [3.05, 3.63) is 11.1 Å². The molecule has 2 heteroatoms. The molecule has 0 bridgehead atoms. The lowest BCUT2D eigenvalue weighted by Gasteiger charge is -2.48. The van der Waals surface area contributed by atoms with Crippen molar-refractivity contribution in [1.29, 1.82) is 0 Å². The molecule has 0 saturated heterocycles. The number of hydrogen-bond acceptors (Lipinski definition) is 2. The highest BCUT2D eigenvalue weighted by molar-refractivity contribution is 5.98. The van der Waals surface area contributed by atoms with Crippen molar-refractivity contribution in [3.63, 3.8) is 0 Å². The maximum absolute atomic E-state index is 12.3. The van der Waals surface area contributed by atoms with Gasteiger partial charge in [-0.05, 0) is 48.5 Å². The lowest BCUT2D eigenvalue weighted by Crippen LogP contribution is -2.43. The molecular formula is C15H24O2. The fraction of sp³-hybridized carbons (Fsp3) is 0.800. The van der Waals surface area contributed by atoms with Gasteiger partial charge in [-0.15, -0.1) is 0 Å². The van der Waals surface area contributed by atoms with E-state index in [0.717, 1.165) is 5.57 Å². The smallest absolute Gasteiger partial charge is 0.159 e. The van der Waals surface area contributed by atoms with Crippen molar-refractivity contribution < 1.29 is 9.90 Å². The summed E-state index contributed by atoms with van der Waals surface area (Å²) in [6, 6.07) is 0. The van der Waals surface area contributed by atoms with Gasteiger partial charge in [0.25, 0.3) is 0 Å². The second-order valence-electron chi connectivity index (χ2n) is 6.37. The van der Waals surface area contributed by atoms with Gasteiger partial charge in [0, 0.05) is 13.0 Å². The Hall–Kier alpha value is -0.630. The van der Waals surface area contributed by atoms with E-state index in [1.807, 2.05) is 0 Å². The molecule has 17 heavy (non-hydrogen) atoms. The number of rotatable bonds is 2. The van der Waals surface area contributed by atoms with Gasteiger partial charge in [-0.25, -0.2) is 0 Å².